The molecule has 0 bridgehead atoms. The third kappa shape index (κ3) is 3.81. The molecule has 1 saturated heterocycles. The van der Waals surface area contributed by atoms with E-state index in [1.807, 2.05) is 0 Å². The molecule has 1 aromatic carbocycles. The largest absolute Gasteiger partial charge is 0.473 e. The normalized spacial score (nSPS) is 16.9. The second kappa shape index (κ2) is 7.81. The summed E-state index contributed by atoms with van der Waals surface area (Å²) in [6.45, 7) is 1.35. The number of hydrogen-bond donors (Lipinski definition) is 0. The van der Waals surface area contributed by atoms with Crippen molar-refractivity contribution in [1.82, 2.24) is 14.5 Å². The summed E-state index contributed by atoms with van der Waals surface area (Å²) in [5.74, 6) is -1.29. The highest BCUT2D eigenvalue weighted by Crippen LogP contribution is 2.33. The predicted molar refractivity (Wildman–Crippen MR) is 109 cm³/mol. The molecule has 4 heterocycles. The van der Waals surface area contributed by atoms with Crippen molar-refractivity contribution in [1.29, 1.82) is 0 Å². The number of ether oxygens (including phenoxy) is 2. The average Bonchev–Trinajstić information content (AvgIpc) is 3.32. The van der Waals surface area contributed by atoms with Crippen LogP contribution in [0.2, 0.25) is 5.15 Å². The fourth-order valence-corrected chi connectivity index (χ4v) is 4.18. The molecule has 3 aromatic rings. The summed E-state index contributed by atoms with van der Waals surface area (Å²) in [6.07, 6.45) is 3.48. The highest BCUT2D eigenvalue weighted by Gasteiger charge is 2.34. The lowest BCUT2D eigenvalue weighted by molar-refractivity contribution is 0.289. The molecule has 0 unspecified atom stereocenters. The lowest BCUT2D eigenvalue weighted by Gasteiger charge is -2.17. The van der Waals surface area contributed by atoms with Crippen molar-refractivity contribution >= 4 is 17.4 Å². The lowest BCUT2D eigenvalue weighted by atomic mass is 10.2. The molecule has 160 valence electrons. The van der Waals surface area contributed by atoms with Crippen molar-refractivity contribution in [2.24, 2.45) is 0 Å². The number of pyridine rings is 1. The van der Waals surface area contributed by atoms with Crippen LogP contribution < -0.4 is 20.1 Å². The predicted octanol–water partition coefficient (Wildman–Crippen LogP) is 3.92. The Labute approximate surface area is 180 Å². The Hall–Kier alpha value is -3.20. The number of nitrogens with zero attached hydrogens (tertiary/aromatic N) is 4. The first kappa shape index (κ1) is 19.7. The van der Waals surface area contributed by atoms with E-state index in [2.05, 4.69) is 14.9 Å². The van der Waals surface area contributed by atoms with E-state index in [1.165, 1.54) is 18.3 Å². The number of anilines is 1. The van der Waals surface area contributed by atoms with E-state index in [9.17, 15) is 13.6 Å². The second-order valence-corrected chi connectivity index (χ2v) is 7.82. The van der Waals surface area contributed by atoms with Gasteiger partial charge in [-0.15, -0.1) is 0 Å². The third-order valence-corrected chi connectivity index (χ3v) is 5.60. The van der Waals surface area contributed by atoms with Gasteiger partial charge in [0.25, 0.3) is 0 Å². The zero-order chi connectivity index (χ0) is 21.5. The summed E-state index contributed by atoms with van der Waals surface area (Å²) in [5, 5.41) is 0.140. The second-order valence-electron chi connectivity index (χ2n) is 7.43. The maximum Gasteiger partial charge on any atom is 0.352 e. The van der Waals surface area contributed by atoms with Gasteiger partial charge in [0.1, 0.15) is 23.3 Å². The molecule has 0 saturated carbocycles. The first-order valence-electron chi connectivity index (χ1n) is 9.76. The van der Waals surface area contributed by atoms with Crippen LogP contribution >= 0.6 is 11.6 Å². The highest BCUT2D eigenvalue weighted by molar-refractivity contribution is 6.29. The molecule has 2 aliphatic heterocycles. The van der Waals surface area contributed by atoms with E-state index in [1.54, 1.807) is 10.6 Å². The molecule has 7 nitrogen and oxygen atoms in total. The minimum absolute atomic E-state index is 0.122. The van der Waals surface area contributed by atoms with Gasteiger partial charge in [-0.2, -0.15) is 4.98 Å². The Morgan fingerprint density at radius 3 is 2.77 bits per heavy atom. The molecule has 0 N–H and O–H groups in total. The first-order chi connectivity index (χ1) is 15.0. The van der Waals surface area contributed by atoms with Gasteiger partial charge in [-0.05, 0) is 36.6 Å². The van der Waals surface area contributed by atoms with Crippen LogP contribution in [0.15, 0.2) is 41.3 Å². The van der Waals surface area contributed by atoms with Gasteiger partial charge in [0.2, 0.25) is 5.88 Å². The monoisotopic (exact) mass is 446 g/mol. The van der Waals surface area contributed by atoms with Gasteiger partial charge in [-0.3, -0.25) is 4.57 Å². The van der Waals surface area contributed by atoms with Gasteiger partial charge in [0.15, 0.2) is 17.4 Å². The number of hydrogen-bond acceptors (Lipinski definition) is 6. The zero-order valence-electron chi connectivity index (χ0n) is 16.2. The van der Waals surface area contributed by atoms with Crippen molar-refractivity contribution in [2.45, 2.75) is 32.0 Å². The molecule has 0 spiro atoms. The molecule has 0 aliphatic carbocycles. The minimum Gasteiger partial charge on any atom is -0.473 e. The van der Waals surface area contributed by atoms with E-state index >= 15 is 0 Å². The molecular weight excluding hydrogens is 430 g/mol. The Morgan fingerprint density at radius 1 is 1.19 bits per heavy atom. The molecule has 10 heteroatoms. The smallest absolute Gasteiger partial charge is 0.352 e. The zero-order valence-corrected chi connectivity index (χ0v) is 17.0. The molecular formula is C21H17ClF2N4O3. The van der Waals surface area contributed by atoms with Gasteiger partial charge < -0.3 is 14.4 Å². The number of halogens is 3. The fourth-order valence-electron chi connectivity index (χ4n) is 4.01. The number of rotatable bonds is 5. The van der Waals surface area contributed by atoms with Crippen LogP contribution in [0.4, 0.5) is 14.6 Å². The Balaban J connectivity index is 1.33. The van der Waals surface area contributed by atoms with Crippen LogP contribution in [0.5, 0.6) is 17.4 Å². The molecule has 2 aromatic heterocycles. The van der Waals surface area contributed by atoms with Crippen LogP contribution in [0.3, 0.4) is 0 Å². The first-order valence-corrected chi connectivity index (χ1v) is 10.1. The quantitative estimate of drug-likeness (QED) is 0.553. The Kier molecular flexibility index (Phi) is 4.97. The number of fused-ring (bicyclic) bond motifs is 3. The van der Waals surface area contributed by atoms with Crippen LogP contribution in [0.1, 0.15) is 18.4 Å². The minimum atomic E-state index is -0.895. The Morgan fingerprint density at radius 2 is 2.00 bits per heavy atom. The van der Waals surface area contributed by atoms with Crippen molar-refractivity contribution in [3.8, 4) is 17.4 Å². The van der Waals surface area contributed by atoms with Gasteiger partial charge in [-0.1, -0.05) is 11.6 Å². The number of benzene rings is 1. The van der Waals surface area contributed by atoms with Gasteiger partial charge in [0, 0.05) is 37.5 Å². The summed E-state index contributed by atoms with van der Waals surface area (Å²) in [6, 6.07) is 7.02. The van der Waals surface area contributed by atoms with E-state index < -0.39 is 17.4 Å². The van der Waals surface area contributed by atoms with Crippen LogP contribution in [0, 0.1) is 11.6 Å². The van der Waals surface area contributed by atoms with E-state index in [0.717, 1.165) is 37.3 Å². The maximum atomic E-state index is 14.5. The van der Waals surface area contributed by atoms with Crippen molar-refractivity contribution in [3.05, 3.63) is 69.4 Å². The number of aromatic nitrogens is 3. The van der Waals surface area contributed by atoms with Crippen LogP contribution in [-0.2, 0) is 13.2 Å². The molecule has 5 rings (SSSR count). The summed E-state index contributed by atoms with van der Waals surface area (Å²) in [7, 11) is 0. The van der Waals surface area contributed by atoms with Crippen molar-refractivity contribution in [3.63, 3.8) is 0 Å². The van der Waals surface area contributed by atoms with Crippen LogP contribution in [-0.4, -0.2) is 27.1 Å². The van der Waals surface area contributed by atoms with Gasteiger partial charge in [0.05, 0.1) is 0 Å². The van der Waals surface area contributed by atoms with Crippen LogP contribution in [0.25, 0.3) is 0 Å². The standard InChI is InChI=1S/C21H17ClF2N4O3/c22-17-8-14(3-4-25-17)31-20-15(23)6-12(7-16(20)24)11-30-18-9-19-27-5-1-2-13(27)10-28(19)21(29)26-18/h3-4,6-9,13H,1-2,5,10-11H2/t13-/m1/s1. The molecule has 31 heavy (non-hydrogen) atoms. The summed E-state index contributed by atoms with van der Waals surface area (Å²) in [4.78, 5) is 22.2. The van der Waals surface area contributed by atoms with E-state index in [-0.39, 0.29) is 34.6 Å². The Bertz CT molecular complexity index is 1200. The van der Waals surface area contributed by atoms with E-state index in [4.69, 9.17) is 21.1 Å². The summed E-state index contributed by atoms with van der Waals surface area (Å²) < 4.78 is 41.4. The van der Waals surface area contributed by atoms with Gasteiger partial charge >= 0.3 is 5.69 Å². The molecule has 0 radical (unpaired) electrons. The topological polar surface area (TPSA) is 69.5 Å². The van der Waals surface area contributed by atoms with E-state index in [0.29, 0.717) is 12.6 Å². The van der Waals surface area contributed by atoms with Crippen molar-refractivity contribution in [2.75, 3.05) is 11.4 Å². The SMILES string of the molecule is O=c1nc(OCc2cc(F)c(Oc3ccnc(Cl)c3)c(F)c2)cc2n1C[C@H]1CCCN21. The highest BCUT2D eigenvalue weighted by atomic mass is 35.5. The molecule has 0 amide bonds. The molecule has 1 fully saturated rings. The average molecular weight is 447 g/mol. The third-order valence-electron chi connectivity index (χ3n) is 5.39. The van der Waals surface area contributed by atoms with Crippen molar-refractivity contribution < 1.29 is 18.3 Å². The summed E-state index contributed by atoms with van der Waals surface area (Å²) in [5.41, 5.74) is -0.157. The van der Waals surface area contributed by atoms with Gasteiger partial charge in [-0.25, -0.2) is 18.6 Å². The lowest BCUT2D eigenvalue weighted by Crippen LogP contribution is -2.24. The molecule has 2 aliphatic rings. The maximum absolute atomic E-state index is 14.5. The summed E-state index contributed by atoms with van der Waals surface area (Å²) >= 11 is 5.76. The fraction of sp³-hybridized carbons (Fsp3) is 0.286. The molecule has 1 atom stereocenters.